The van der Waals surface area contributed by atoms with Gasteiger partial charge in [-0.25, -0.2) is 9.97 Å². The highest BCUT2D eigenvalue weighted by atomic mass is 32.1. The third-order valence-corrected chi connectivity index (χ3v) is 13.8. The van der Waals surface area contributed by atoms with Gasteiger partial charge in [0, 0.05) is 42.4 Å². The zero-order valence-corrected chi connectivity index (χ0v) is 34.6. The van der Waals surface area contributed by atoms with E-state index in [0.717, 1.165) is 33.6 Å². The minimum Gasteiger partial charge on any atom is -0.228 e. The van der Waals surface area contributed by atoms with Gasteiger partial charge in [-0.2, -0.15) is 0 Å². The zero-order chi connectivity index (χ0) is 41.0. The van der Waals surface area contributed by atoms with E-state index in [1.807, 2.05) is 17.4 Å². The SMILES string of the molecule is c1ccc(-c2nc(-c3ccc(-c4ccccc4-c4cccc5c4sc4ccccc45)cc3)cc(-c3ccc4c(c3)C(c3ccccc3)(c3ccccc3)c3ccccc3-4)n2)cc1. The lowest BCUT2D eigenvalue weighted by atomic mass is 9.67. The first-order valence-corrected chi connectivity index (χ1v) is 22.0. The number of nitrogens with zero attached hydrogens (tertiary/aromatic N) is 2. The highest BCUT2D eigenvalue weighted by molar-refractivity contribution is 7.26. The van der Waals surface area contributed by atoms with Gasteiger partial charge >= 0.3 is 0 Å². The third kappa shape index (κ3) is 5.78. The van der Waals surface area contributed by atoms with Crippen LogP contribution in [-0.2, 0) is 5.41 Å². The molecule has 0 radical (unpaired) electrons. The molecule has 2 aromatic heterocycles. The quantitative estimate of drug-likeness (QED) is 0.160. The smallest absolute Gasteiger partial charge is 0.160 e. The molecule has 0 spiro atoms. The van der Waals surface area contributed by atoms with Crippen LogP contribution in [0.2, 0.25) is 0 Å². The molecule has 1 aliphatic carbocycles. The molecule has 0 unspecified atom stereocenters. The Morgan fingerprint density at radius 3 is 1.60 bits per heavy atom. The normalized spacial score (nSPS) is 12.6. The van der Waals surface area contributed by atoms with Gasteiger partial charge in [0.25, 0.3) is 0 Å². The van der Waals surface area contributed by atoms with Crippen LogP contribution in [0.15, 0.2) is 231 Å². The summed E-state index contributed by atoms with van der Waals surface area (Å²) in [4.78, 5) is 10.5. The minimum atomic E-state index is -0.503. The number of fused-ring (bicyclic) bond motifs is 6. The van der Waals surface area contributed by atoms with E-state index >= 15 is 0 Å². The van der Waals surface area contributed by atoms with Crippen LogP contribution in [0.1, 0.15) is 22.3 Å². The fourth-order valence-electron chi connectivity index (χ4n) is 9.81. The van der Waals surface area contributed by atoms with E-state index in [1.165, 1.54) is 70.2 Å². The average molecular weight is 807 g/mol. The Morgan fingerprint density at radius 2 is 0.855 bits per heavy atom. The Labute approximate surface area is 365 Å². The number of hydrogen-bond acceptors (Lipinski definition) is 3. The fourth-order valence-corrected chi connectivity index (χ4v) is 11.0. The predicted molar refractivity (Wildman–Crippen MR) is 259 cm³/mol. The van der Waals surface area contributed by atoms with Crippen LogP contribution in [-0.4, -0.2) is 9.97 Å². The molecule has 290 valence electrons. The molecule has 0 fully saturated rings. The first-order valence-electron chi connectivity index (χ1n) is 21.1. The summed E-state index contributed by atoms with van der Waals surface area (Å²) in [5.74, 6) is 0.699. The molecule has 0 saturated carbocycles. The molecule has 0 bridgehead atoms. The maximum Gasteiger partial charge on any atom is 0.160 e. The second-order valence-electron chi connectivity index (χ2n) is 16.0. The molecule has 0 aliphatic heterocycles. The highest BCUT2D eigenvalue weighted by Gasteiger charge is 2.46. The van der Waals surface area contributed by atoms with Crippen LogP contribution < -0.4 is 0 Å². The Balaban J connectivity index is 0.994. The van der Waals surface area contributed by atoms with Crippen molar-refractivity contribution in [2.45, 2.75) is 5.41 Å². The lowest BCUT2D eigenvalue weighted by molar-refractivity contribution is 0.768. The van der Waals surface area contributed by atoms with E-state index in [1.54, 1.807) is 0 Å². The Hall–Kier alpha value is -7.72. The van der Waals surface area contributed by atoms with Crippen molar-refractivity contribution in [2.75, 3.05) is 0 Å². The van der Waals surface area contributed by atoms with Crippen LogP contribution in [0.5, 0.6) is 0 Å². The minimum absolute atomic E-state index is 0.503. The Morgan fingerprint density at radius 1 is 0.323 bits per heavy atom. The van der Waals surface area contributed by atoms with E-state index in [9.17, 15) is 0 Å². The number of rotatable bonds is 7. The molecular formula is C59H38N2S. The molecule has 1 aliphatic rings. The third-order valence-electron chi connectivity index (χ3n) is 12.6. The molecule has 62 heavy (non-hydrogen) atoms. The molecule has 0 saturated heterocycles. The van der Waals surface area contributed by atoms with Gasteiger partial charge in [-0.15, -0.1) is 11.3 Å². The number of benzene rings is 9. The van der Waals surface area contributed by atoms with E-state index in [-0.39, 0.29) is 0 Å². The molecule has 12 rings (SSSR count). The van der Waals surface area contributed by atoms with Crippen LogP contribution in [0.25, 0.3) is 87.5 Å². The van der Waals surface area contributed by atoms with Crippen molar-refractivity contribution >= 4 is 31.5 Å². The first-order chi connectivity index (χ1) is 30.7. The van der Waals surface area contributed by atoms with Crippen LogP contribution >= 0.6 is 11.3 Å². The van der Waals surface area contributed by atoms with E-state index in [4.69, 9.17) is 9.97 Å². The lowest BCUT2D eigenvalue weighted by Crippen LogP contribution is -2.28. The molecule has 2 nitrogen and oxygen atoms in total. The standard InChI is InChI=1S/C59H38N2S/c1-4-17-41(18-5-1)58-60-54(40-33-31-39(32-34-40)45-23-10-11-24-46(45)50-27-16-28-51-49-26-13-15-30-56(49)62-57(50)51)38-55(61-58)42-35-36-48-47-25-12-14-29-52(47)59(53(48)37-42,43-19-6-2-7-20-43)44-21-8-3-9-22-44/h1-38H. The van der Waals surface area contributed by atoms with Gasteiger partial charge in [0.05, 0.1) is 16.8 Å². The summed E-state index contributed by atoms with van der Waals surface area (Å²) in [7, 11) is 0. The maximum absolute atomic E-state index is 5.31. The summed E-state index contributed by atoms with van der Waals surface area (Å²) in [5.41, 5.74) is 16.7. The first kappa shape index (κ1) is 36.2. The summed E-state index contributed by atoms with van der Waals surface area (Å²) in [6.07, 6.45) is 0. The molecule has 0 amide bonds. The van der Waals surface area contributed by atoms with Crippen LogP contribution in [0, 0.1) is 0 Å². The van der Waals surface area contributed by atoms with Crippen molar-refractivity contribution in [1.82, 2.24) is 9.97 Å². The second kappa shape index (κ2) is 14.8. The molecule has 11 aromatic rings. The van der Waals surface area contributed by atoms with Crippen molar-refractivity contribution in [1.29, 1.82) is 0 Å². The lowest BCUT2D eigenvalue weighted by Gasteiger charge is -2.34. The van der Waals surface area contributed by atoms with E-state index in [0.29, 0.717) is 5.82 Å². The van der Waals surface area contributed by atoms with Crippen LogP contribution in [0.4, 0.5) is 0 Å². The van der Waals surface area contributed by atoms with E-state index in [2.05, 4.69) is 224 Å². The largest absolute Gasteiger partial charge is 0.228 e. The maximum atomic E-state index is 5.31. The molecule has 3 heteroatoms. The summed E-state index contributed by atoms with van der Waals surface area (Å²) in [6.45, 7) is 0. The summed E-state index contributed by atoms with van der Waals surface area (Å²) in [5, 5.41) is 2.62. The molecule has 9 aromatic carbocycles. The Bertz CT molecular complexity index is 3400. The van der Waals surface area contributed by atoms with Crippen molar-refractivity contribution in [2.24, 2.45) is 0 Å². The van der Waals surface area contributed by atoms with E-state index < -0.39 is 5.41 Å². The summed E-state index contributed by atoms with van der Waals surface area (Å²) in [6, 6.07) is 83.3. The molecule has 2 heterocycles. The molecular weight excluding hydrogens is 769 g/mol. The number of hydrogen-bond donors (Lipinski definition) is 0. The van der Waals surface area contributed by atoms with Gasteiger partial charge in [-0.1, -0.05) is 212 Å². The van der Waals surface area contributed by atoms with Gasteiger partial charge in [-0.05, 0) is 68.3 Å². The molecule has 0 atom stereocenters. The van der Waals surface area contributed by atoms with Crippen molar-refractivity contribution in [3.05, 3.63) is 253 Å². The summed E-state index contributed by atoms with van der Waals surface area (Å²) < 4.78 is 2.63. The van der Waals surface area contributed by atoms with Crippen molar-refractivity contribution in [3.63, 3.8) is 0 Å². The van der Waals surface area contributed by atoms with Gasteiger partial charge in [0.2, 0.25) is 0 Å². The summed E-state index contributed by atoms with van der Waals surface area (Å²) >= 11 is 1.87. The van der Waals surface area contributed by atoms with Crippen molar-refractivity contribution < 1.29 is 0 Å². The number of thiophene rings is 1. The van der Waals surface area contributed by atoms with Crippen LogP contribution in [0.3, 0.4) is 0 Å². The zero-order valence-electron chi connectivity index (χ0n) is 33.7. The van der Waals surface area contributed by atoms with Gasteiger partial charge < -0.3 is 0 Å². The second-order valence-corrected chi connectivity index (χ2v) is 17.1. The highest BCUT2D eigenvalue weighted by Crippen LogP contribution is 2.56. The topological polar surface area (TPSA) is 25.8 Å². The fraction of sp³-hybridized carbons (Fsp3) is 0.0169. The van der Waals surface area contributed by atoms with Gasteiger partial charge in [-0.3, -0.25) is 0 Å². The monoisotopic (exact) mass is 806 g/mol. The van der Waals surface area contributed by atoms with Gasteiger partial charge in [0.15, 0.2) is 5.82 Å². The van der Waals surface area contributed by atoms with Gasteiger partial charge in [0.1, 0.15) is 0 Å². The predicted octanol–water partition coefficient (Wildman–Crippen LogP) is 15.5. The average Bonchev–Trinajstić information content (AvgIpc) is 3.89. The Kier molecular flexibility index (Phi) is 8.62. The molecule has 0 N–H and O–H groups in total. The van der Waals surface area contributed by atoms with Crippen molar-refractivity contribution in [3.8, 4) is 67.3 Å². The number of aromatic nitrogens is 2.